The summed E-state index contributed by atoms with van der Waals surface area (Å²) < 4.78 is 0. The number of aromatic carboxylic acids is 1. The number of carbonyl (C=O) groups excluding carboxylic acids is 2. The van der Waals surface area contributed by atoms with E-state index in [4.69, 9.17) is 5.11 Å². The van der Waals surface area contributed by atoms with Gasteiger partial charge in [0.05, 0.1) is 12.1 Å². The number of rotatable bonds is 5. The number of amides is 2. The lowest BCUT2D eigenvalue weighted by Gasteiger charge is -2.17. The zero-order valence-electron chi connectivity index (χ0n) is 13.3. The Labute approximate surface area is 129 Å². The summed E-state index contributed by atoms with van der Waals surface area (Å²) in [4.78, 5) is 34.3. The molecule has 0 spiro atoms. The molecule has 22 heavy (non-hydrogen) atoms. The number of hydrogen-bond acceptors (Lipinski definition) is 3. The molecule has 0 aromatic heterocycles. The number of carboxylic acid groups (broad SMARTS) is 1. The molecular weight excluding hydrogens is 284 g/mol. The first-order valence-electron chi connectivity index (χ1n) is 6.99. The van der Waals surface area contributed by atoms with E-state index in [2.05, 4.69) is 10.6 Å². The minimum absolute atomic E-state index is 0.116. The third-order valence-corrected chi connectivity index (χ3v) is 2.88. The van der Waals surface area contributed by atoms with Crippen molar-refractivity contribution in [2.75, 3.05) is 11.9 Å². The van der Waals surface area contributed by atoms with Gasteiger partial charge in [0.2, 0.25) is 11.8 Å². The summed E-state index contributed by atoms with van der Waals surface area (Å²) in [6, 6.07) is 4.54. The molecule has 0 heterocycles. The Morgan fingerprint density at radius 2 is 1.77 bits per heavy atom. The Balaban J connectivity index is 2.54. The number of hydrogen-bond donors (Lipinski definition) is 3. The van der Waals surface area contributed by atoms with Gasteiger partial charge in [0, 0.05) is 12.1 Å². The second-order valence-electron chi connectivity index (χ2n) is 6.40. The molecule has 0 aliphatic rings. The molecule has 6 heteroatoms. The van der Waals surface area contributed by atoms with Crippen molar-refractivity contribution in [2.45, 2.75) is 34.1 Å². The molecule has 0 bridgehead atoms. The van der Waals surface area contributed by atoms with E-state index < -0.39 is 5.97 Å². The van der Waals surface area contributed by atoms with E-state index >= 15 is 0 Å². The average Bonchev–Trinajstić information content (AvgIpc) is 2.34. The second-order valence-corrected chi connectivity index (χ2v) is 6.40. The van der Waals surface area contributed by atoms with Crippen molar-refractivity contribution in [1.29, 1.82) is 0 Å². The molecule has 0 saturated heterocycles. The van der Waals surface area contributed by atoms with E-state index in [9.17, 15) is 14.4 Å². The summed E-state index contributed by atoms with van der Waals surface area (Å²) >= 11 is 0. The summed E-state index contributed by atoms with van der Waals surface area (Å²) in [5.41, 5.74) is 1.11. The predicted molar refractivity (Wildman–Crippen MR) is 83.8 cm³/mol. The van der Waals surface area contributed by atoms with Gasteiger partial charge in [-0.15, -0.1) is 0 Å². The standard InChI is InChI=1S/C16H22N2O4/c1-10-7-11(5-6-12(10)15(21)22)18-14(20)9-17-13(19)8-16(2,3)4/h5-7H,8-9H2,1-4H3,(H,17,19)(H,18,20)(H,21,22). The largest absolute Gasteiger partial charge is 0.478 e. The molecule has 1 aromatic rings. The third kappa shape index (κ3) is 5.95. The van der Waals surface area contributed by atoms with Crippen molar-refractivity contribution in [3.63, 3.8) is 0 Å². The van der Waals surface area contributed by atoms with Crippen LogP contribution < -0.4 is 10.6 Å². The van der Waals surface area contributed by atoms with Gasteiger partial charge in [-0.1, -0.05) is 20.8 Å². The average molecular weight is 306 g/mol. The number of carbonyl (C=O) groups is 3. The number of aryl methyl sites for hydroxylation is 1. The van der Waals surface area contributed by atoms with Crippen LogP contribution in [0.4, 0.5) is 5.69 Å². The highest BCUT2D eigenvalue weighted by atomic mass is 16.4. The Kier molecular flexibility index (Phi) is 5.68. The zero-order chi connectivity index (χ0) is 16.9. The van der Waals surface area contributed by atoms with Crippen LogP contribution in [0.3, 0.4) is 0 Å². The Bertz CT molecular complexity index is 588. The molecule has 0 aliphatic carbocycles. The minimum Gasteiger partial charge on any atom is -0.478 e. The lowest BCUT2D eigenvalue weighted by molar-refractivity contribution is -0.125. The fourth-order valence-corrected chi connectivity index (χ4v) is 1.91. The van der Waals surface area contributed by atoms with Crippen LogP contribution in [-0.2, 0) is 9.59 Å². The zero-order valence-corrected chi connectivity index (χ0v) is 13.3. The van der Waals surface area contributed by atoms with Crippen LogP contribution in [0.25, 0.3) is 0 Å². The van der Waals surface area contributed by atoms with Crippen LogP contribution in [0, 0.1) is 12.3 Å². The fraction of sp³-hybridized carbons (Fsp3) is 0.438. The molecule has 0 unspecified atom stereocenters. The van der Waals surface area contributed by atoms with E-state index in [1.807, 2.05) is 20.8 Å². The summed E-state index contributed by atoms with van der Waals surface area (Å²) in [6.07, 6.45) is 0.340. The van der Waals surface area contributed by atoms with E-state index in [1.165, 1.54) is 12.1 Å². The first-order chi connectivity index (χ1) is 10.1. The molecule has 0 saturated carbocycles. The highest BCUT2D eigenvalue weighted by Crippen LogP contribution is 2.18. The molecule has 3 N–H and O–H groups in total. The molecule has 0 fully saturated rings. The number of anilines is 1. The SMILES string of the molecule is Cc1cc(NC(=O)CNC(=O)CC(C)(C)C)ccc1C(=O)O. The quantitative estimate of drug-likeness (QED) is 0.777. The Morgan fingerprint density at radius 1 is 1.14 bits per heavy atom. The van der Waals surface area contributed by atoms with E-state index in [1.54, 1.807) is 13.0 Å². The molecule has 1 rings (SSSR count). The monoisotopic (exact) mass is 306 g/mol. The van der Waals surface area contributed by atoms with E-state index in [0.29, 0.717) is 17.7 Å². The minimum atomic E-state index is -1.01. The molecular formula is C16H22N2O4. The van der Waals surface area contributed by atoms with E-state index in [-0.39, 0.29) is 29.3 Å². The summed E-state index contributed by atoms with van der Waals surface area (Å²) in [5.74, 6) is -1.55. The van der Waals surface area contributed by atoms with Gasteiger partial charge >= 0.3 is 5.97 Å². The first kappa shape index (κ1) is 17.7. The van der Waals surface area contributed by atoms with E-state index in [0.717, 1.165) is 0 Å². The lowest BCUT2D eigenvalue weighted by Crippen LogP contribution is -2.34. The Morgan fingerprint density at radius 3 is 2.27 bits per heavy atom. The smallest absolute Gasteiger partial charge is 0.335 e. The number of carboxylic acids is 1. The van der Waals surface area contributed by atoms with Crippen LogP contribution >= 0.6 is 0 Å². The predicted octanol–water partition coefficient (Wildman–Crippen LogP) is 2.18. The molecule has 2 amide bonds. The summed E-state index contributed by atoms with van der Waals surface area (Å²) in [7, 11) is 0. The number of benzene rings is 1. The van der Waals surface area contributed by atoms with Crippen molar-refractivity contribution in [3.8, 4) is 0 Å². The van der Waals surface area contributed by atoms with Crippen molar-refractivity contribution < 1.29 is 19.5 Å². The maximum atomic E-state index is 11.8. The normalized spacial score (nSPS) is 10.9. The van der Waals surface area contributed by atoms with Crippen LogP contribution in [-0.4, -0.2) is 29.4 Å². The number of nitrogens with one attached hydrogen (secondary N) is 2. The van der Waals surface area contributed by atoms with Crippen LogP contribution in [0.15, 0.2) is 18.2 Å². The summed E-state index contributed by atoms with van der Waals surface area (Å²) in [5, 5.41) is 14.1. The molecule has 120 valence electrons. The van der Waals surface area contributed by atoms with Gasteiger partial charge in [-0.05, 0) is 36.1 Å². The van der Waals surface area contributed by atoms with Gasteiger partial charge in [-0.2, -0.15) is 0 Å². The van der Waals surface area contributed by atoms with Crippen molar-refractivity contribution in [1.82, 2.24) is 5.32 Å². The maximum absolute atomic E-state index is 11.8. The molecule has 6 nitrogen and oxygen atoms in total. The molecule has 1 aromatic carbocycles. The van der Waals surface area contributed by atoms with Crippen molar-refractivity contribution in [3.05, 3.63) is 29.3 Å². The highest BCUT2D eigenvalue weighted by molar-refractivity contribution is 5.95. The lowest BCUT2D eigenvalue weighted by atomic mass is 9.92. The van der Waals surface area contributed by atoms with Gasteiger partial charge in [-0.25, -0.2) is 4.79 Å². The second kappa shape index (κ2) is 7.06. The highest BCUT2D eigenvalue weighted by Gasteiger charge is 2.16. The first-order valence-corrected chi connectivity index (χ1v) is 6.99. The van der Waals surface area contributed by atoms with Gasteiger partial charge in [-0.3, -0.25) is 9.59 Å². The maximum Gasteiger partial charge on any atom is 0.335 e. The van der Waals surface area contributed by atoms with Crippen molar-refractivity contribution >= 4 is 23.5 Å². The topological polar surface area (TPSA) is 95.5 Å². The molecule has 0 radical (unpaired) electrons. The van der Waals surface area contributed by atoms with Gasteiger partial charge in [0.15, 0.2) is 0 Å². The van der Waals surface area contributed by atoms with Crippen molar-refractivity contribution in [2.24, 2.45) is 5.41 Å². The van der Waals surface area contributed by atoms with Crippen LogP contribution in [0.1, 0.15) is 43.1 Å². The van der Waals surface area contributed by atoms with Gasteiger partial charge in [0.1, 0.15) is 0 Å². The van der Waals surface area contributed by atoms with Gasteiger partial charge in [0.25, 0.3) is 0 Å². The Hall–Kier alpha value is -2.37. The van der Waals surface area contributed by atoms with Crippen LogP contribution in [0.2, 0.25) is 0 Å². The van der Waals surface area contributed by atoms with Crippen LogP contribution in [0.5, 0.6) is 0 Å². The third-order valence-electron chi connectivity index (χ3n) is 2.88. The fourth-order valence-electron chi connectivity index (χ4n) is 1.91. The van der Waals surface area contributed by atoms with Gasteiger partial charge < -0.3 is 15.7 Å². The molecule has 0 aliphatic heterocycles. The molecule has 0 atom stereocenters. The summed E-state index contributed by atoms with van der Waals surface area (Å²) in [6.45, 7) is 7.37.